The van der Waals surface area contributed by atoms with Gasteiger partial charge in [0.05, 0.1) is 10.7 Å². The van der Waals surface area contributed by atoms with Crippen LogP contribution in [0.25, 0.3) is 11.3 Å². The molecule has 3 rings (SSSR count). The number of hydrogen-bond acceptors (Lipinski definition) is 3. The van der Waals surface area contributed by atoms with Crippen LogP contribution in [0.2, 0.25) is 0 Å². The molecule has 0 fully saturated rings. The van der Waals surface area contributed by atoms with Gasteiger partial charge in [0.1, 0.15) is 0 Å². The van der Waals surface area contributed by atoms with Gasteiger partial charge in [0.25, 0.3) is 0 Å². The van der Waals surface area contributed by atoms with Gasteiger partial charge in [0.2, 0.25) is 0 Å². The van der Waals surface area contributed by atoms with Gasteiger partial charge in [0, 0.05) is 16.9 Å². The molecule has 1 atom stereocenters. The van der Waals surface area contributed by atoms with E-state index in [1.807, 2.05) is 11.3 Å². The molecule has 1 aliphatic rings. The van der Waals surface area contributed by atoms with Gasteiger partial charge in [-0.3, -0.25) is 0 Å². The number of nitrogens with one attached hydrogen (secondary N) is 1. The van der Waals surface area contributed by atoms with Gasteiger partial charge in [-0.25, -0.2) is 4.98 Å². The molecule has 0 radical (unpaired) electrons. The van der Waals surface area contributed by atoms with E-state index < -0.39 is 0 Å². The van der Waals surface area contributed by atoms with Crippen molar-refractivity contribution in [1.29, 1.82) is 0 Å². The van der Waals surface area contributed by atoms with Crippen molar-refractivity contribution in [2.75, 3.05) is 13.1 Å². The monoisotopic (exact) mass is 386 g/mol. The number of aryl methyl sites for hydroxylation is 2. The van der Waals surface area contributed by atoms with Crippen LogP contribution in [0.1, 0.15) is 88.3 Å². The Hall–Kier alpha value is -1.19. The molecule has 1 N–H and O–H groups in total. The second-order valence-electron chi connectivity index (χ2n) is 7.61. The van der Waals surface area contributed by atoms with Gasteiger partial charge in [-0.2, -0.15) is 0 Å². The van der Waals surface area contributed by atoms with E-state index in [2.05, 4.69) is 56.6 Å². The summed E-state index contributed by atoms with van der Waals surface area (Å²) >= 11 is 1.84. The lowest BCUT2D eigenvalue weighted by atomic mass is 9.90. The van der Waals surface area contributed by atoms with Crippen LogP contribution in [0, 0.1) is 0 Å². The predicted molar refractivity (Wildman–Crippen MR) is 121 cm³/mol. The summed E-state index contributed by atoms with van der Waals surface area (Å²) in [6.07, 6.45) is 9.98. The van der Waals surface area contributed by atoms with Crippen LogP contribution in [-0.2, 0) is 12.8 Å². The number of benzene rings is 1. The predicted octanol–water partition coefficient (Wildman–Crippen LogP) is 6.99. The molecule has 3 heteroatoms. The van der Waals surface area contributed by atoms with Gasteiger partial charge in [-0.15, -0.1) is 11.3 Å². The van der Waals surface area contributed by atoms with Crippen LogP contribution in [0.3, 0.4) is 0 Å². The molecule has 27 heavy (non-hydrogen) atoms. The summed E-state index contributed by atoms with van der Waals surface area (Å²) < 4.78 is 0. The molecule has 150 valence electrons. The molecule has 0 aliphatic heterocycles. The highest BCUT2D eigenvalue weighted by Gasteiger charge is 2.16. The Morgan fingerprint density at radius 3 is 2.48 bits per heavy atom. The maximum Gasteiger partial charge on any atom is 0.0963 e. The van der Waals surface area contributed by atoms with Crippen molar-refractivity contribution in [2.45, 2.75) is 85.0 Å². The Balaban J connectivity index is 0.000000817. The van der Waals surface area contributed by atoms with E-state index in [0.29, 0.717) is 5.92 Å². The highest BCUT2D eigenvalue weighted by Crippen LogP contribution is 2.32. The summed E-state index contributed by atoms with van der Waals surface area (Å²) in [4.78, 5) is 4.99. The highest BCUT2D eigenvalue weighted by molar-refractivity contribution is 7.10. The fourth-order valence-electron chi connectivity index (χ4n) is 3.58. The number of rotatable bonds is 8. The Morgan fingerprint density at radius 2 is 1.78 bits per heavy atom. The molecule has 1 heterocycles. The van der Waals surface area contributed by atoms with E-state index in [1.54, 1.807) is 11.1 Å². The van der Waals surface area contributed by atoms with E-state index in [1.165, 1.54) is 67.6 Å². The topological polar surface area (TPSA) is 24.9 Å². The Morgan fingerprint density at radius 1 is 1.04 bits per heavy atom. The van der Waals surface area contributed by atoms with Crippen molar-refractivity contribution >= 4 is 11.3 Å². The zero-order valence-electron chi connectivity index (χ0n) is 17.8. The molecule has 1 aliphatic carbocycles. The average molecular weight is 387 g/mol. The lowest BCUT2D eigenvalue weighted by Crippen LogP contribution is -2.18. The van der Waals surface area contributed by atoms with Crippen molar-refractivity contribution < 1.29 is 0 Å². The second-order valence-corrected chi connectivity index (χ2v) is 8.50. The Bertz CT molecular complexity index is 662. The first-order valence-corrected chi connectivity index (χ1v) is 11.9. The van der Waals surface area contributed by atoms with Crippen LogP contribution in [0.5, 0.6) is 0 Å². The van der Waals surface area contributed by atoms with Crippen LogP contribution >= 0.6 is 11.3 Å². The minimum atomic E-state index is 0.589. The quantitative estimate of drug-likeness (QED) is 0.495. The first-order valence-electron chi connectivity index (χ1n) is 11.0. The third kappa shape index (κ3) is 6.73. The maximum absolute atomic E-state index is 4.99. The SMILES string of the molecule is CCC.CCCNCCC(CC)c1nc(-c2ccc3c(c2)CCCC3)cs1. The minimum Gasteiger partial charge on any atom is -0.317 e. The largest absolute Gasteiger partial charge is 0.317 e. The fourth-order valence-corrected chi connectivity index (χ4v) is 4.63. The molecule has 2 nitrogen and oxygen atoms in total. The highest BCUT2D eigenvalue weighted by atomic mass is 32.1. The third-order valence-corrected chi connectivity index (χ3v) is 6.11. The molecule has 0 bridgehead atoms. The third-order valence-electron chi connectivity index (χ3n) is 5.10. The number of fused-ring (bicyclic) bond motifs is 1. The Kier molecular flexibility index (Phi) is 10.1. The van der Waals surface area contributed by atoms with Crippen molar-refractivity contribution in [3.8, 4) is 11.3 Å². The molecule has 1 aromatic heterocycles. The van der Waals surface area contributed by atoms with Crippen LogP contribution in [0.15, 0.2) is 23.6 Å². The molecular weight excluding hydrogens is 348 g/mol. The second kappa shape index (κ2) is 12.3. The number of hydrogen-bond donors (Lipinski definition) is 1. The Labute approximate surface area is 170 Å². The lowest BCUT2D eigenvalue weighted by Gasteiger charge is -2.16. The lowest BCUT2D eigenvalue weighted by molar-refractivity contribution is 0.552. The summed E-state index contributed by atoms with van der Waals surface area (Å²) in [6, 6.07) is 6.98. The van der Waals surface area contributed by atoms with Crippen molar-refractivity contribution in [2.24, 2.45) is 0 Å². The normalized spacial score (nSPS) is 14.2. The zero-order chi connectivity index (χ0) is 19.5. The summed E-state index contributed by atoms with van der Waals surface area (Å²) in [7, 11) is 0. The van der Waals surface area contributed by atoms with Gasteiger partial charge in [-0.1, -0.05) is 46.2 Å². The van der Waals surface area contributed by atoms with Crippen LogP contribution in [0.4, 0.5) is 0 Å². The first kappa shape index (κ1) is 22.1. The van der Waals surface area contributed by atoms with Crippen molar-refractivity contribution in [1.82, 2.24) is 10.3 Å². The van der Waals surface area contributed by atoms with E-state index in [9.17, 15) is 0 Å². The first-order chi connectivity index (χ1) is 13.2. The van der Waals surface area contributed by atoms with Gasteiger partial charge in [-0.05, 0) is 75.2 Å². The van der Waals surface area contributed by atoms with Gasteiger partial charge in [0.15, 0.2) is 0 Å². The molecule has 2 aromatic rings. The van der Waals surface area contributed by atoms with Gasteiger partial charge < -0.3 is 5.32 Å². The fraction of sp³-hybridized carbons (Fsp3) is 0.625. The standard InChI is InChI=1S/C21H30N2S.C3H8/c1-3-12-22-13-11-16(4-2)21-23-20(15-24-21)19-10-9-17-7-5-6-8-18(17)14-19;1-3-2/h9-10,14-16,22H,3-8,11-13H2,1-2H3;3H2,1-2H3. The molecule has 1 aromatic carbocycles. The number of nitrogens with zero attached hydrogens (tertiary/aromatic N) is 1. The summed E-state index contributed by atoms with van der Waals surface area (Å²) in [6.45, 7) is 11.0. The molecule has 0 saturated heterocycles. The maximum atomic E-state index is 4.99. The molecule has 0 saturated carbocycles. The number of thiazole rings is 1. The zero-order valence-corrected chi connectivity index (χ0v) is 18.6. The molecule has 0 amide bonds. The minimum absolute atomic E-state index is 0.589. The summed E-state index contributed by atoms with van der Waals surface area (Å²) in [5.74, 6) is 0.589. The molecular formula is C24H38N2S. The van der Waals surface area contributed by atoms with Crippen LogP contribution in [-0.4, -0.2) is 18.1 Å². The van der Waals surface area contributed by atoms with E-state index in [4.69, 9.17) is 4.98 Å². The van der Waals surface area contributed by atoms with E-state index in [-0.39, 0.29) is 0 Å². The number of aromatic nitrogens is 1. The van der Waals surface area contributed by atoms with Crippen molar-refractivity contribution in [3.63, 3.8) is 0 Å². The average Bonchev–Trinajstić information content (AvgIpc) is 3.18. The van der Waals surface area contributed by atoms with Crippen molar-refractivity contribution in [3.05, 3.63) is 39.7 Å². The van der Waals surface area contributed by atoms with E-state index >= 15 is 0 Å². The molecule has 1 unspecified atom stereocenters. The van der Waals surface area contributed by atoms with Crippen LogP contribution < -0.4 is 5.32 Å². The molecule has 0 spiro atoms. The summed E-state index contributed by atoms with van der Waals surface area (Å²) in [5.41, 5.74) is 5.57. The smallest absolute Gasteiger partial charge is 0.0963 e. The van der Waals surface area contributed by atoms with Gasteiger partial charge >= 0.3 is 0 Å². The van der Waals surface area contributed by atoms with E-state index in [0.717, 1.165) is 13.1 Å². The summed E-state index contributed by atoms with van der Waals surface area (Å²) in [5, 5.41) is 7.08.